The fourth-order valence-electron chi connectivity index (χ4n) is 3.79. The second kappa shape index (κ2) is 5.43. The smallest absolute Gasteiger partial charge is 0.0554 e. The van der Waals surface area contributed by atoms with Gasteiger partial charge in [0.25, 0.3) is 0 Å². The average molecular weight is 375 g/mol. The first-order valence-electron chi connectivity index (χ1n) is 7.63. The van der Waals surface area contributed by atoms with Crippen molar-refractivity contribution in [2.24, 2.45) is 5.92 Å². The van der Waals surface area contributed by atoms with Gasteiger partial charge in [-0.3, -0.25) is 0 Å². The molecule has 0 aromatic heterocycles. The van der Waals surface area contributed by atoms with Crippen LogP contribution in [0.4, 0.5) is 5.69 Å². The van der Waals surface area contributed by atoms with Crippen molar-refractivity contribution in [2.75, 3.05) is 5.32 Å². The number of fused-ring (bicyclic) bond motifs is 3. The molecule has 2 aliphatic rings. The van der Waals surface area contributed by atoms with E-state index < -0.39 is 0 Å². The summed E-state index contributed by atoms with van der Waals surface area (Å²) < 4.78 is 1.12. The molecular weight excluding hydrogens is 358 g/mol. The molecule has 2 aromatic rings. The fraction of sp³-hybridized carbons (Fsp3) is 0.263. The van der Waals surface area contributed by atoms with E-state index in [9.17, 15) is 0 Å². The highest BCUT2D eigenvalue weighted by Crippen LogP contribution is 2.51. The Morgan fingerprint density at radius 2 is 1.91 bits per heavy atom. The Kier molecular flexibility index (Phi) is 3.54. The van der Waals surface area contributed by atoms with Crippen molar-refractivity contribution in [1.82, 2.24) is 0 Å². The van der Waals surface area contributed by atoms with Crippen LogP contribution in [0.25, 0.3) is 0 Å². The molecule has 0 bridgehead atoms. The van der Waals surface area contributed by atoms with Crippen LogP contribution in [0.2, 0.25) is 5.02 Å². The SMILES string of the molecule is Cc1c(Cl)ccc2c1N[C@H](c1ccc(Br)cc1)[C@@H]1CC=C[C@@H]21. The van der Waals surface area contributed by atoms with Crippen molar-refractivity contribution in [3.8, 4) is 0 Å². The van der Waals surface area contributed by atoms with E-state index in [1.807, 2.05) is 6.07 Å². The first-order chi connectivity index (χ1) is 10.6. The molecule has 0 fully saturated rings. The normalized spacial score (nSPS) is 25.5. The minimum Gasteiger partial charge on any atom is -0.377 e. The van der Waals surface area contributed by atoms with E-state index in [-0.39, 0.29) is 0 Å². The van der Waals surface area contributed by atoms with E-state index in [2.05, 4.69) is 70.7 Å². The molecule has 2 aromatic carbocycles. The molecule has 1 aliphatic carbocycles. The maximum atomic E-state index is 6.34. The van der Waals surface area contributed by atoms with Crippen molar-refractivity contribution in [1.29, 1.82) is 0 Å². The van der Waals surface area contributed by atoms with Gasteiger partial charge in [0.2, 0.25) is 0 Å². The molecule has 3 heteroatoms. The number of halogens is 2. The van der Waals surface area contributed by atoms with Crippen LogP contribution < -0.4 is 5.32 Å². The molecule has 0 radical (unpaired) electrons. The maximum Gasteiger partial charge on any atom is 0.0554 e. The van der Waals surface area contributed by atoms with E-state index in [0.29, 0.717) is 17.9 Å². The lowest BCUT2D eigenvalue weighted by molar-refractivity contribution is 0.425. The first-order valence-corrected chi connectivity index (χ1v) is 8.80. The fourth-order valence-corrected chi connectivity index (χ4v) is 4.21. The zero-order chi connectivity index (χ0) is 15.3. The highest BCUT2D eigenvalue weighted by molar-refractivity contribution is 9.10. The standard InChI is InChI=1S/C19H17BrClN/c1-11-17(21)10-9-16-14-3-2-4-15(14)19(22-18(11)16)12-5-7-13(20)8-6-12/h2-3,5-10,14-15,19,22H,4H2,1H3/t14-,15-,19-/m1/s1. The molecule has 0 amide bonds. The van der Waals surface area contributed by atoms with E-state index in [1.54, 1.807) is 0 Å². The van der Waals surface area contributed by atoms with Crippen molar-refractivity contribution in [3.05, 3.63) is 74.7 Å². The quantitative estimate of drug-likeness (QED) is 0.583. The van der Waals surface area contributed by atoms with Crippen molar-refractivity contribution in [3.63, 3.8) is 0 Å². The number of nitrogens with one attached hydrogen (secondary N) is 1. The summed E-state index contributed by atoms with van der Waals surface area (Å²) in [6.07, 6.45) is 5.81. The largest absolute Gasteiger partial charge is 0.377 e. The van der Waals surface area contributed by atoms with Crippen molar-refractivity contribution < 1.29 is 0 Å². The Morgan fingerprint density at radius 1 is 1.14 bits per heavy atom. The summed E-state index contributed by atoms with van der Waals surface area (Å²) in [6.45, 7) is 2.10. The summed E-state index contributed by atoms with van der Waals surface area (Å²) >= 11 is 9.86. The summed E-state index contributed by atoms with van der Waals surface area (Å²) in [7, 11) is 0. The van der Waals surface area contributed by atoms with Gasteiger partial charge in [-0.2, -0.15) is 0 Å². The molecule has 1 nitrogen and oxygen atoms in total. The van der Waals surface area contributed by atoms with Gasteiger partial charge in [-0.1, -0.05) is 57.9 Å². The number of allylic oxidation sites excluding steroid dienone is 2. The molecule has 0 saturated carbocycles. The lowest BCUT2D eigenvalue weighted by Crippen LogP contribution is -2.29. The van der Waals surface area contributed by atoms with Gasteiger partial charge < -0.3 is 5.32 Å². The lowest BCUT2D eigenvalue weighted by Gasteiger charge is -2.38. The highest BCUT2D eigenvalue weighted by atomic mass is 79.9. The van der Waals surface area contributed by atoms with E-state index in [1.165, 1.54) is 16.8 Å². The molecule has 1 heterocycles. The van der Waals surface area contributed by atoms with E-state index in [0.717, 1.165) is 21.5 Å². The summed E-state index contributed by atoms with van der Waals surface area (Å²) in [5.41, 5.74) is 5.09. The molecule has 4 rings (SSSR count). The van der Waals surface area contributed by atoms with Crippen LogP contribution >= 0.6 is 27.5 Å². The van der Waals surface area contributed by atoms with Crippen LogP contribution in [-0.2, 0) is 0 Å². The minimum absolute atomic E-state index is 0.331. The topological polar surface area (TPSA) is 12.0 Å². The molecule has 0 spiro atoms. The zero-order valence-electron chi connectivity index (χ0n) is 12.3. The lowest BCUT2D eigenvalue weighted by atomic mass is 9.76. The van der Waals surface area contributed by atoms with Gasteiger partial charge in [0, 0.05) is 21.1 Å². The molecular formula is C19H17BrClN. The monoisotopic (exact) mass is 373 g/mol. The molecule has 0 unspecified atom stereocenters. The maximum absolute atomic E-state index is 6.34. The predicted octanol–water partition coefficient (Wildman–Crippen LogP) is 6.24. The van der Waals surface area contributed by atoms with E-state index in [4.69, 9.17) is 11.6 Å². The minimum atomic E-state index is 0.331. The Balaban J connectivity index is 1.82. The molecule has 1 N–H and O–H groups in total. The van der Waals surface area contributed by atoms with Gasteiger partial charge in [-0.25, -0.2) is 0 Å². The molecule has 3 atom stereocenters. The summed E-state index contributed by atoms with van der Waals surface area (Å²) in [4.78, 5) is 0. The Hall–Kier alpha value is -1.25. The predicted molar refractivity (Wildman–Crippen MR) is 96.7 cm³/mol. The third-order valence-corrected chi connectivity index (χ3v) is 5.90. The van der Waals surface area contributed by atoms with Crippen LogP contribution in [0, 0.1) is 12.8 Å². The van der Waals surface area contributed by atoms with Gasteiger partial charge >= 0.3 is 0 Å². The molecule has 112 valence electrons. The second-order valence-corrected chi connectivity index (χ2v) is 7.49. The van der Waals surface area contributed by atoms with Crippen LogP contribution in [-0.4, -0.2) is 0 Å². The number of hydrogen-bond acceptors (Lipinski definition) is 1. The van der Waals surface area contributed by atoms with Gasteiger partial charge in [-0.05, 0) is 54.2 Å². The van der Waals surface area contributed by atoms with Crippen LogP contribution in [0.5, 0.6) is 0 Å². The number of benzene rings is 2. The first kappa shape index (κ1) is 14.3. The van der Waals surface area contributed by atoms with Crippen LogP contribution in [0.15, 0.2) is 53.0 Å². The third-order valence-electron chi connectivity index (χ3n) is 4.96. The second-order valence-electron chi connectivity index (χ2n) is 6.16. The van der Waals surface area contributed by atoms with Gasteiger partial charge in [0.15, 0.2) is 0 Å². The van der Waals surface area contributed by atoms with Gasteiger partial charge in [0.05, 0.1) is 6.04 Å². The summed E-state index contributed by atoms with van der Waals surface area (Å²) in [6, 6.07) is 13.2. The van der Waals surface area contributed by atoms with Gasteiger partial charge in [-0.15, -0.1) is 0 Å². The number of hydrogen-bond donors (Lipinski definition) is 1. The average Bonchev–Trinajstić information content (AvgIpc) is 3.01. The summed E-state index contributed by atoms with van der Waals surface area (Å²) in [5, 5.41) is 4.61. The van der Waals surface area contributed by atoms with Gasteiger partial charge in [0.1, 0.15) is 0 Å². The molecule has 1 aliphatic heterocycles. The Morgan fingerprint density at radius 3 is 2.68 bits per heavy atom. The molecule has 22 heavy (non-hydrogen) atoms. The number of rotatable bonds is 1. The molecule has 0 saturated heterocycles. The van der Waals surface area contributed by atoms with E-state index >= 15 is 0 Å². The third kappa shape index (κ3) is 2.21. The van der Waals surface area contributed by atoms with Crippen LogP contribution in [0.1, 0.15) is 35.1 Å². The number of anilines is 1. The zero-order valence-corrected chi connectivity index (χ0v) is 14.7. The Labute approximate surface area is 144 Å². The summed E-state index contributed by atoms with van der Waals surface area (Å²) in [5.74, 6) is 1.06. The Bertz CT molecular complexity index is 751. The van der Waals surface area contributed by atoms with Crippen LogP contribution in [0.3, 0.4) is 0 Å². The van der Waals surface area contributed by atoms with Crippen molar-refractivity contribution in [2.45, 2.75) is 25.3 Å². The highest BCUT2D eigenvalue weighted by Gasteiger charge is 2.38. The van der Waals surface area contributed by atoms with Crippen molar-refractivity contribution >= 4 is 33.2 Å².